The van der Waals surface area contributed by atoms with Gasteiger partial charge in [-0.25, -0.2) is 9.97 Å². The Hall–Kier alpha value is -2.70. The van der Waals surface area contributed by atoms with Crippen LogP contribution in [0.3, 0.4) is 0 Å². The number of hydrogen-bond acceptors (Lipinski definition) is 6. The summed E-state index contributed by atoms with van der Waals surface area (Å²) in [7, 11) is 1.89. The largest absolute Gasteiger partial charge is 0.489 e. The van der Waals surface area contributed by atoms with Gasteiger partial charge in [-0.2, -0.15) is 4.39 Å². The van der Waals surface area contributed by atoms with Gasteiger partial charge in [0.15, 0.2) is 11.6 Å². The lowest BCUT2D eigenvalue weighted by Crippen LogP contribution is -2.28. The first-order chi connectivity index (χ1) is 14.4. The van der Waals surface area contributed by atoms with Gasteiger partial charge < -0.3 is 19.3 Å². The smallest absolute Gasteiger partial charge is 0.208 e. The predicted molar refractivity (Wildman–Crippen MR) is 115 cm³/mol. The molecular weight excluding hydrogens is 383 g/mol. The fourth-order valence-electron chi connectivity index (χ4n) is 4.09. The lowest BCUT2D eigenvalue weighted by molar-refractivity contribution is -0.117. The maximum Gasteiger partial charge on any atom is 0.208 e. The topological polar surface area (TPSA) is 58.6 Å². The van der Waals surface area contributed by atoms with Crippen LogP contribution >= 0.6 is 0 Å². The van der Waals surface area contributed by atoms with Crippen molar-refractivity contribution in [2.75, 3.05) is 29.9 Å². The normalized spacial score (nSPS) is 19.6. The van der Waals surface area contributed by atoms with E-state index in [0.29, 0.717) is 37.2 Å². The van der Waals surface area contributed by atoms with Gasteiger partial charge in [0.1, 0.15) is 24.0 Å². The fraction of sp³-hybridized carbons (Fsp3) is 0.522. The number of ketones is 1. The Morgan fingerprint density at radius 2 is 2.00 bits per heavy atom. The van der Waals surface area contributed by atoms with E-state index < -0.39 is 0 Å². The molecule has 4 rings (SSSR count). The van der Waals surface area contributed by atoms with E-state index >= 15 is 4.39 Å². The number of carbonyl (C=O) groups excluding carboxylic acids is 1. The number of ether oxygens (including phenoxy) is 1. The zero-order valence-corrected chi connectivity index (χ0v) is 17.8. The van der Waals surface area contributed by atoms with Gasteiger partial charge in [0.05, 0.1) is 6.54 Å². The fourth-order valence-corrected chi connectivity index (χ4v) is 4.09. The Morgan fingerprint density at radius 3 is 2.67 bits per heavy atom. The second-order valence-electron chi connectivity index (χ2n) is 8.53. The van der Waals surface area contributed by atoms with Crippen molar-refractivity contribution in [3.8, 4) is 5.75 Å². The van der Waals surface area contributed by atoms with Crippen molar-refractivity contribution in [2.24, 2.45) is 0 Å². The van der Waals surface area contributed by atoms with Gasteiger partial charge in [-0.3, -0.25) is 0 Å². The quantitative estimate of drug-likeness (QED) is 0.654. The molecule has 0 spiro atoms. The van der Waals surface area contributed by atoms with Crippen molar-refractivity contribution in [1.29, 1.82) is 0 Å². The summed E-state index contributed by atoms with van der Waals surface area (Å²) in [5.74, 6) is 1.56. The number of aromatic nitrogens is 2. The number of Topliss-reactive ketones (excluding diaryl/α,β-unsaturated/α-hetero) is 1. The van der Waals surface area contributed by atoms with Crippen molar-refractivity contribution >= 4 is 17.4 Å². The molecule has 2 aromatic rings. The lowest BCUT2D eigenvalue weighted by atomic mass is 9.96. The zero-order valence-electron chi connectivity index (χ0n) is 17.8. The van der Waals surface area contributed by atoms with Gasteiger partial charge in [0.25, 0.3) is 0 Å². The Bertz CT molecular complexity index is 901. The van der Waals surface area contributed by atoms with Crippen molar-refractivity contribution < 1.29 is 13.9 Å². The molecular formula is C23H29FN4O2. The standard InChI is InChI=1S/C23H29FN4O2/c1-15(12-16(2)29)17-4-8-19(9-5-17)30-20-10-11-28(13-20)23-21(24)22(25-14-26-23)27(3)18-6-7-18/h4-5,8-9,14-15,18,20H,6-7,10-13H2,1-3H3/t15-,20-/m1/s1. The average molecular weight is 413 g/mol. The molecule has 1 aliphatic carbocycles. The maximum atomic E-state index is 15.1. The van der Waals surface area contributed by atoms with Crippen molar-refractivity contribution in [1.82, 2.24) is 9.97 Å². The Morgan fingerprint density at radius 1 is 1.27 bits per heavy atom. The molecule has 2 fully saturated rings. The maximum absolute atomic E-state index is 15.1. The first-order valence-electron chi connectivity index (χ1n) is 10.7. The van der Waals surface area contributed by atoms with Crippen LogP contribution in [0.5, 0.6) is 5.75 Å². The van der Waals surface area contributed by atoms with Crippen molar-refractivity contribution in [3.63, 3.8) is 0 Å². The Balaban J connectivity index is 1.38. The molecule has 1 aromatic carbocycles. The first-order valence-corrected chi connectivity index (χ1v) is 10.7. The summed E-state index contributed by atoms with van der Waals surface area (Å²) < 4.78 is 21.2. The highest BCUT2D eigenvalue weighted by molar-refractivity contribution is 5.76. The molecule has 0 amide bonds. The lowest BCUT2D eigenvalue weighted by Gasteiger charge is -2.22. The van der Waals surface area contributed by atoms with Crippen molar-refractivity contribution in [3.05, 3.63) is 42.0 Å². The molecule has 0 radical (unpaired) electrons. The summed E-state index contributed by atoms with van der Waals surface area (Å²) in [6.45, 7) is 4.95. The molecule has 0 unspecified atom stereocenters. The van der Waals surface area contributed by atoms with Gasteiger partial charge in [-0.15, -0.1) is 0 Å². The summed E-state index contributed by atoms with van der Waals surface area (Å²) in [6, 6.07) is 8.31. The summed E-state index contributed by atoms with van der Waals surface area (Å²) in [5.41, 5.74) is 1.13. The van der Waals surface area contributed by atoms with E-state index in [1.54, 1.807) is 6.92 Å². The highest BCUT2D eigenvalue weighted by Crippen LogP contribution is 2.33. The van der Waals surface area contributed by atoms with Crippen LogP contribution in [0.1, 0.15) is 51.0 Å². The van der Waals surface area contributed by atoms with E-state index in [1.807, 2.05) is 41.1 Å². The third kappa shape index (κ3) is 4.55. The number of anilines is 2. The molecule has 30 heavy (non-hydrogen) atoms. The molecule has 0 bridgehead atoms. The monoisotopic (exact) mass is 412 g/mol. The summed E-state index contributed by atoms with van der Waals surface area (Å²) in [6.07, 6.45) is 4.94. The molecule has 1 aliphatic heterocycles. The number of carbonyl (C=O) groups is 1. The highest BCUT2D eigenvalue weighted by Gasteiger charge is 2.32. The zero-order chi connectivity index (χ0) is 21.3. The van der Waals surface area contributed by atoms with Gasteiger partial charge in [0.2, 0.25) is 5.82 Å². The van der Waals surface area contributed by atoms with Crippen LogP contribution in [0.4, 0.5) is 16.0 Å². The molecule has 2 aliphatic rings. The summed E-state index contributed by atoms with van der Waals surface area (Å²) in [4.78, 5) is 23.5. The SMILES string of the molecule is CC(=O)C[C@@H](C)c1ccc(O[C@@H]2CCN(c3ncnc(N(C)C4CC4)c3F)C2)cc1. The van der Waals surface area contributed by atoms with E-state index in [-0.39, 0.29) is 23.6 Å². The molecule has 7 heteroatoms. The second-order valence-corrected chi connectivity index (χ2v) is 8.53. The Kier molecular flexibility index (Phi) is 5.88. The molecule has 1 saturated carbocycles. The number of nitrogens with zero attached hydrogens (tertiary/aromatic N) is 4. The van der Waals surface area contributed by atoms with Crippen molar-refractivity contribution in [2.45, 2.75) is 57.6 Å². The minimum absolute atomic E-state index is 0.0236. The van der Waals surface area contributed by atoms with Gasteiger partial charge in [0, 0.05) is 32.5 Å². The van der Waals surface area contributed by atoms with Crippen LogP contribution in [-0.4, -0.2) is 48.0 Å². The highest BCUT2D eigenvalue weighted by atomic mass is 19.1. The van der Waals surface area contributed by atoms with E-state index in [0.717, 1.165) is 30.6 Å². The third-order valence-electron chi connectivity index (χ3n) is 5.97. The molecule has 160 valence electrons. The number of rotatable bonds is 8. The Labute approximate surface area is 177 Å². The average Bonchev–Trinajstić information content (AvgIpc) is 3.47. The third-order valence-corrected chi connectivity index (χ3v) is 5.97. The number of hydrogen-bond donors (Lipinski definition) is 0. The van der Waals surface area contributed by atoms with Crippen LogP contribution in [0, 0.1) is 5.82 Å². The van der Waals surface area contributed by atoms with E-state index in [4.69, 9.17) is 4.74 Å². The van der Waals surface area contributed by atoms with Gasteiger partial charge in [-0.05, 0) is 43.4 Å². The summed E-state index contributed by atoms with van der Waals surface area (Å²) in [5, 5.41) is 0. The van der Waals surface area contributed by atoms with Gasteiger partial charge >= 0.3 is 0 Å². The van der Waals surface area contributed by atoms with Crippen LogP contribution in [-0.2, 0) is 4.79 Å². The summed E-state index contributed by atoms with van der Waals surface area (Å²) >= 11 is 0. The minimum Gasteiger partial charge on any atom is -0.489 e. The second kappa shape index (κ2) is 8.58. The van der Waals surface area contributed by atoms with Crippen LogP contribution < -0.4 is 14.5 Å². The van der Waals surface area contributed by atoms with Gasteiger partial charge in [-0.1, -0.05) is 19.1 Å². The van der Waals surface area contributed by atoms with Crippen LogP contribution in [0.2, 0.25) is 0 Å². The number of benzene rings is 1. The number of halogens is 1. The molecule has 6 nitrogen and oxygen atoms in total. The minimum atomic E-state index is -0.351. The molecule has 1 aromatic heterocycles. The first kappa shape index (κ1) is 20.6. The van der Waals surface area contributed by atoms with E-state index in [2.05, 4.69) is 16.9 Å². The predicted octanol–water partition coefficient (Wildman–Crippen LogP) is 3.95. The van der Waals surface area contributed by atoms with Crippen LogP contribution in [0.25, 0.3) is 0 Å². The van der Waals surface area contributed by atoms with E-state index in [9.17, 15) is 4.79 Å². The molecule has 2 heterocycles. The molecule has 1 saturated heterocycles. The van der Waals surface area contributed by atoms with E-state index in [1.165, 1.54) is 6.33 Å². The molecule has 2 atom stereocenters. The van der Waals surface area contributed by atoms with Crippen LogP contribution in [0.15, 0.2) is 30.6 Å². The molecule has 0 N–H and O–H groups in total.